The highest BCUT2D eigenvalue weighted by atomic mass is 16.3. The summed E-state index contributed by atoms with van der Waals surface area (Å²) in [5.41, 5.74) is -0.643. The molecule has 1 aliphatic carbocycles. The van der Waals surface area contributed by atoms with Crippen LogP contribution < -0.4 is 10.6 Å². The minimum atomic E-state index is -0.643. The van der Waals surface area contributed by atoms with Crippen LogP contribution in [0.15, 0.2) is 0 Å². The summed E-state index contributed by atoms with van der Waals surface area (Å²) >= 11 is 0. The van der Waals surface area contributed by atoms with Crippen molar-refractivity contribution in [2.75, 3.05) is 19.6 Å². The van der Waals surface area contributed by atoms with Crippen LogP contribution in [0.1, 0.15) is 44.9 Å². The topological polar surface area (TPSA) is 61.4 Å². The molecule has 0 aromatic carbocycles. The van der Waals surface area contributed by atoms with Crippen LogP contribution in [0.4, 0.5) is 0 Å². The first-order valence-corrected chi connectivity index (χ1v) is 6.90. The van der Waals surface area contributed by atoms with Gasteiger partial charge in [0.25, 0.3) is 0 Å². The van der Waals surface area contributed by atoms with Crippen molar-refractivity contribution in [1.29, 1.82) is 0 Å². The van der Waals surface area contributed by atoms with Crippen molar-refractivity contribution in [3.05, 3.63) is 0 Å². The van der Waals surface area contributed by atoms with Gasteiger partial charge >= 0.3 is 0 Å². The third kappa shape index (κ3) is 3.68. The third-order valence-corrected chi connectivity index (χ3v) is 4.04. The first kappa shape index (κ1) is 12.8. The Hall–Kier alpha value is -0.610. The lowest BCUT2D eigenvalue weighted by Crippen LogP contribution is -2.48. The largest absolute Gasteiger partial charge is 0.388 e. The van der Waals surface area contributed by atoms with Crippen LogP contribution in [-0.2, 0) is 4.79 Å². The van der Waals surface area contributed by atoms with Gasteiger partial charge < -0.3 is 15.7 Å². The molecule has 17 heavy (non-hydrogen) atoms. The molecule has 1 heterocycles. The highest BCUT2D eigenvalue weighted by Gasteiger charge is 2.30. The van der Waals surface area contributed by atoms with Gasteiger partial charge in [-0.25, -0.2) is 0 Å². The molecule has 0 spiro atoms. The zero-order valence-electron chi connectivity index (χ0n) is 10.5. The van der Waals surface area contributed by atoms with Gasteiger partial charge in [-0.05, 0) is 32.2 Å². The summed E-state index contributed by atoms with van der Waals surface area (Å²) in [5, 5.41) is 16.5. The molecular formula is C13H24N2O2. The lowest BCUT2D eigenvalue weighted by Gasteiger charge is -2.33. The number of carbonyl (C=O) groups is 1. The second-order valence-electron chi connectivity index (χ2n) is 5.55. The van der Waals surface area contributed by atoms with E-state index >= 15 is 0 Å². The van der Waals surface area contributed by atoms with Gasteiger partial charge in [0.05, 0.1) is 11.5 Å². The Balaban J connectivity index is 1.74. The van der Waals surface area contributed by atoms with Crippen molar-refractivity contribution in [3.63, 3.8) is 0 Å². The maximum Gasteiger partial charge on any atom is 0.224 e. The molecule has 2 aliphatic rings. The Morgan fingerprint density at radius 2 is 2.06 bits per heavy atom. The molecule has 1 amide bonds. The van der Waals surface area contributed by atoms with Crippen molar-refractivity contribution < 1.29 is 9.90 Å². The molecule has 2 rings (SSSR count). The average molecular weight is 240 g/mol. The molecule has 4 nitrogen and oxygen atoms in total. The highest BCUT2D eigenvalue weighted by molar-refractivity contribution is 5.79. The Kier molecular flexibility index (Phi) is 4.40. The SMILES string of the molecule is O=C(NCC1(O)CCCCC1)C1CCCNC1. The molecule has 1 unspecified atom stereocenters. The van der Waals surface area contributed by atoms with E-state index in [4.69, 9.17) is 0 Å². The van der Waals surface area contributed by atoms with E-state index in [0.717, 1.165) is 51.6 Å². The lowest BCUT2D eigenvalue weighted by atomic mass is 9.84. The minimum absolute atomic E-state index is 0.0935. The fourth-order valence-electron chi connectivity index (χ4n) is 2.86. The van der Waals surface area contributed by atoms with Crippen molar-refractivity contribution in [2.45, 2.75) is 50.5 Å². The van der Waals surface area contributed by atoms with Crippen LogP contribution >= 0.6 is 0 Å². The summed E-state index contributed by atoms with van der Waals surface area (Å²) in [5.74, 6) is 0.201. The van der Waals surface area contributed by atoms with Gasteiger partial charge in [0.1, 0.15) is 0 Å². The van der Waals surface area contributed by atoms with E-state index in [9.17, 15) is 9.90 Å². The third-order valence-electron chi connectivity index (χ3n) is 4.04. The van der Waals surface area contributed by atoms with E-state index in [-0.39, 0.29) is 11.8 Å². The van der Waals surface area contributed by atoms with E-state index in [1.54, 1.807) is 0 Å². The average Bonchev–Trinajstić information content (AvgIpc) is 2.38. The maximum absolute atomic E-state index is 11.9. The number of amides is 1. The Morgan fingerprint density at radius 1 is 1.29 bits per heavy atom. The van der Waals surface area contributed by atoms with Gasteiger partial charge in [-0.15, -0.1) is 0 Å². The van der Waals surface area contributed by atoms with Gasteiger partial charge in [-0.1, -0.05) is 19.3 Å². The number of carbonyl (C=O) groups excluding carboxylic acids is 1. The molecule has 0 aromatic heterocycles. The molecule has 1 atom stereocenters. The van der Waals surface area contributed by atoms with Crippen molar-refractivity contribution >= 4 is 5.91 Å². The van der Waals surface area contributed by atoms with Crippen molar-refractivity contribution in [2.24, 2.45) is 5.92 Å². The standard InChI is InChI=1S/C13H24N2O2/c16-12(11-5-4-8-14-9-11)15-10-13(17)6-2-1-3-7-13/h11,14,17H,1-10H2,(H,15,16). The highest BCUT2D eigenvalue weighted by Crippen LogP contribution is 2.27. The maximum atomic E-state index is 11.9. The second kappa shape index (κ2) is 5.83. The number of hydrogen-bond donors (Lipinski definition) is 3. The van der Waals surface area contributed by atoms with E-state index in [1.807, 2.05) is 0 Å². The summed E-state index contributed by atoms with van der Waals surface area (Å²) in [6.45, 7) is 2.24. The molecule has 1 aliphatic heterocycles. The number of nitrogens with one attached hydrogen (secondary N) is 2. The summed E-state index contributed by atoms with van der Waals surface area (Å²) in [6, 6.07) is 0. The van der Waals surface area contributed by atoms with Crippen molar-refractivity contribution in [1.82, 2.24) is 10.6 Å². The van der Waals surface area contributed by atoms with Gasteiger partial charge in [0, 0.05) is 13.1 Å². The quantitative estimate of drug-likeness (QED) is 0.684. The fourth-order valence-corrected chi connectivity index (χ4v) is 2.86. The number of aliphatic hydroxyl groups is 1. The predicted octanol–water partition coefficient (Wildman–Crippen LogP) is 0.797. The van der Waals surface area contributed by atoms with Crippen LogP contribution in [0, 0.1) is 5.92 Å². The molecule has 3 N–H and O–H groups in total. The van der Waals surface area contributed by atoms with Crippen LogP contribution in [0.25, 0.3) is 0 Å². The molecule has 98 valence electrons. The second-order valence-corrected chi connectivity index (χ2v) is 5.55. The van der Waals surface area contributed by atoms with Crippen molar-refractivity contribution in [3.8, 4) is 0 Å². The monoisotopic (exact) mass is 240 g/mol. The zero-order chi connectivity index (χ0) is 12.1. The van der Waals surface area contributed by atoms with Crippen LogP contribution in [0.3, 0.4) is 0 Å². The smallest absolute Gasteiger partial charge is 0.224 e. The fraction of sp³-hybridized carbons (Fsp3) is 0.923. The summed E-state index contributed by atoms with van der Waals surface area (Å²) in [7, 11) is 0. The van der Waals surface area contributed by atoms with E-state index in [1.165, 1.54) is 6.42 Å². The van der Waals surface area contributed by atoms with E-state index < -0.39 is 5.60 Å². The number of piperidine rings is 1. The first-order valence-electron chi connectivity index (χ1n) is 6.90. The molecule has 1 saturated heterocycles. The zero-order valence-corrected chi connectivity index (χ0v) is 10.5. The predicted molar refractivity (Wildman–Crippen MR) is 66.6 cm³/mol. The molecule has 2 fully saturated rings. The van der Waals surface area contributed by atoms with Gasteiger partial charge in [0.2, 0.25) is 5.91 Å². The molecule has 0 bridgehead atoms. The molecule has 0 aromatic rings. The summed E-state index contributed by atoms with van der Waals surface area (Å²) in [4.78, 5) is 11.9. The van der Waals surface area contributed by atoms with E-state index in [0.29, 0.717) is 6.54 Å². The number of hydrogen-bond acceptors (Lipinski definition) is 3. The van der Waals surface area contributed by atoms with Gasteiger partial charge in [0.15, 0.2) is 0 Å². The summed E-state index contributed by atoms with van der Waals surface area (Å²) < 4.78 is 0. The minimum Gasteiger partial charge on any atom is -0.388 e. The Bertz CT molecular complexity index is 256. The van der Waals surface area contributed by atoms with E-state index in [2.05, 4.69) is 10.6 Å². The van der Waals surface area contributed by atoms with Crippen LogP contribution in [0.5, 0.6) is 0 Å². The van der Waals surface area contributed by atoms with Gasteiger partial charge in [-0.3, -0.25) is 4.79 Å². The number of rotatable bonds is 3. The first-order chi connectivity index (χ1) is 8.20. The normalized spacial score (nSPS) is 28.6. The van der Waals surface area contributed by atoms with Gasteiger partial charge in [-0.2, -0.15) is 0 Å². The Labute approximate surface area is 103 Å². The lowest BCUT2D eigenvalue weighted by molar-refractivity contribution is -0.127. The Morgan fingerprint density at radius 3 is 2.71 bits per heavy atom. The molecule has 0 radical (unpaired) electrons. The molecule has 4 heteroatoms. The molecular weight excluding hydrogens is 216 g/mol. The van der Waals surface area contributed by atoms with Crippen LogP contribution in [-0.4, -0.2) is 36.2 Å². The molecule has 1 saturated carbocycles. The summed E-state index contributed by atoms with van der Waals surface area (Å²) in [6.07, 6.45) is 7.07. The van der Waals surface area contributed by atoms with Crippen LogP contribution in [0.2, 0.25) is 0 Å².